The molecule has 0 radical (unpaired) electrons. The molecule has 1 N–H and O–H groups in total. The molecule has 0 aliphatic rings. The number of hydrogen-bond donors (Lipinski definition) is 1. The van der Waals surface area contributed by atoms with E-state index in [0.717, 1.165) is 23.3 Å². The van der Waals surface area contributed by atoms with Crippen LogP contribution in [0.1, 0.15) is 35.7 Å². The van der Waals surface area contributed by atoms with Crippen LogP contribution in [0.25, 0.3) is 0 Å². The first-order chi connectivity index (χ1) is 7.72. The van der Waals surface area contributed by atoms with Crippen LogP contribution in [0.2, 0.25) is 0 Å². The van der Waals surface area contributed by atoms with E-state index < -0.39 is 6.10 Å². The molecule has 2 heteroatoms. The summed E-state index contributed by atoms with van der Waals surface area (Å²) in [5, 5.41) is 10.1. The normalized spacial score (nSPS) is 12.7. The van der Waals surface area contributed by atoms with E-state index in [2.05, 4.69) is 6.92 Å². The highest BCUT2D eigenvalue weighted by atomic mass is 16.4. The molecule has 0 aliphatic carbocycles. The van der Waals surface area contributed by atoms with Crippen LogP contribution in [0.15, 0.2) is 40.8 Å². The lowest BCUT2D eigenvalue weighted by Crippen LogP contribution is -1.97. The average molecular weight is 216 g/mol. The molecule has 0 fully saturated rings. The minimum atomic E-state index is -0.666. The number of benzene rings is 1. The van der Waals surface area contributed by atoms with Gasteiger partial charge in [0.25, 0.3) is 0 Å². The van der Waals surface area contributed by atoms with E-state index in [1.807, 2.05) is 43.3 Å². The van der Waals surface area contributed by atoms with Crippen LogP contribution in [-0.4, -0.2) is 5.11 Å². The monoisotopic (exact) mass is 216 g/mol. The molecule has 0 amide bonds. The Morgan fingerprint density at radius 1 is 1.25 bits per heavy atom. The lowest BCUT2D eigenvalue weighted by molar-refractivity contribution is 0.187. The zero-order valence-corrected chi connectivity index (χ0v) is 9.60. The molecule has 1 heterocycles. The van der Waals surface area contributed by atoms with Gasteiger partial charge in [0, 0.05) is 0 Å². The van der Waals surface area contributed by atoms with Gasteiger partial charge >= 0.3 is 0 Å². The summed E-state index contributed by atoms with van der Waals surface area (Å²) in [7, 11) is 0. The molecular formula is C14H16O2. The van der Waals surface area contributed by atoms with Crippen molar-refractivity contribution in [1.82, 2.24) is 0 Å². The number of rotatable bonds is 3. The van der Waals surface area contributed by atoms with Gasteiger partial charge in [0.2, 0.25) is 0 Å². The average Bonchev–Trinajstić information content (AvgIpc) is 2.71. The number of aliphatic hydroxyl groups excluding tert-OH is 1. The van der Waals surface area contributed by atoms with Gasteiger partial charge in [0.15, 0.2) is 0 Å². The highest BCUT2D eigenvalue weighted by molar-refractivity contribution is 5.29. The Kier molecular flexibility index (Phi) is 3.11. The molecule has 1 aromatic carbocycles. The largest absolute Gasteiger partial charge is 0.463 e. The summed E-state index contributed by atoms with van der Waals surface area (Å²) in [6.07, 6.45) is 0.261. The van der Waals surface area contributed by atoms with Crippen LogP contribution in [0, 0.1) is 6.92 Å². The Hall–Kier alpha value is -1.54. The van der Waals surface area contributed by atoms with Crippen LogP contribution in [0.4, 0.5) is 0 Å². The molecule has 84 valence electrons. The van der Waals surface area contributed by atoms with Gasteiger partial charge in [-0.2, -0.15) is 0 Å². The second-order valence-corrected chi connectivity index (χ2v) is 3.90. The molecule has 0 saturated carbocycles. The van der Waals surface area contributed by atoms with Crippen molar-refractivity contribution in [2.75, 3.05) is 0 Å². The zero-order chi connectivity index (χ0) is 11.5. The van der Waals surface area contributed by atoms with Gasteiger partial charge in [-0.15, -0.1) is 0 Å². The van der Waals surface area contributed by atoms with Gasteiger partial charge in [0.05, 0.1) is 0 Å². The maximum Gasteiger partial charge on any atom is 0.137 e. The quantitative estimate of drug-likeness (QED) is 0.854. The molecule has 0 saturated heterocycles. The van der Waals surface area contributed by atoms with Crippen molar-refractivity contribution in [3.63, 3.8) is 0 Å². The summed E-state index contributed by atoms with van der Waals surface area (Å²) in [6, 6.07) is 11.5. The summed E-state index contributed by atoms with van der Waals surface area (Å²) in [6.45, 7) is 4.01. The number of aliphatic hydroxyl groups is 1. The van der Waals surface area contributed by atoms with Crippen molar-refractivity contribution in [2.24, 2.45) is 0 Å². The Morgan fingerprint density at radius 2 is 1.94 bits per heavy atom. The topological polar surface area (TPSA) is 33.4 Å². The lowest BCUT2D eigenvalue weighted by Gasteiger charge is -2.07. The van der Waals surface area contributed by atoms with Crippen LogP contribution < -0.4 is 0 Å². The summed E-state index contributed by atoms with van der Waals surface area (Å²) < 4.78 is 5.57. The van der Waals surface area contributed by atoms with E-state index in [0.29, 0.717) is 5.76 Å². The predicted molar refractivity (Wildman–Crippen MR) is 63.3 cm³/mol. The van der Waals surface area contributed by atoms with Crippen LogP contribution in [-0.2, 0) is 6.42 Å². The van der Waals surface area contributed by atoms with Gasteiger partial charge in [-0.05, 0) is 30.5 Å². The van der Waals surface area contributed by atoms with Crippen LogP contribution in [0.5, 0.6) is 0 Å². The van der Waals surface area contributed by atoms with E-state index in [1.54, 1.807) is 0 Å². The van der Waals surface area contributed by atoms with E-state index >= 15 is 0 Å². The molecule has 1 aromatic heterocycles. The third kappa shape index (κ3) is 2.02. The summed E-state index contributed by atoms with van der Waals surface area (Å²) in [5.74, 6) is 1.52. The standard InChI is InChI=1S/C14H16O2/c1-3-11-9-13(16-10(11)2)14(15)12-7-5-4-6-8-12/h4-9,14-15H,3H2,1-2H3. The van der Waals surface area contributed by atoms with E-state index in [1.165, 1.54) is 0 Å². The smallest absolute Gasteiger partial charge is 0.137 e. The SMILES string of the molecule is CCc1cc(C(O)c2ccccc2)oc1C. The van der Waals surface area contributed by atoms with Crippen LogP contribution in [0.3, 0.4) is 0 Å². The fourth-order valence-electron chi connectivity index (χ4n) is 1.83. The molecule has 2 rings (SSSR count). The fourth-order valence-corrected chi connectivity index (χ4v) is 1.83. The second kappa shape index (κ2) is 4.54. The Bertz CT molecular complexity index is 457. The maximum absolute atomic E-state index is 10.1. The summed E-state index contributed by atoms with van der Waals surface area (Å²) in [5.41, 5.74) is 2.02. The maximum atomic E-state index is 10.1. The minimum absolute atomic E-state index is 0.626. The van der Waals surface area contributed by atoms with Crippen molar-refractivity contribution in [3.05, 3.63) is 59.0 Å². The first-order valence-corrected chi connectivity index (χ1v) is 5.54. The van der Waals surface area contributed by atoms with Gasteiger partial charge in [-0.3, -0.25) is 0 Å². The van der Waals surface area contributed by atoms with E-state index in [-0.39, 0.29) is 0 Å². The zero-order valence-electron chi connectivity index (χ0n) is 9.60. The highest BCUT2D eigenvalue weighted by Crippen LogP contribution is 2.26. The third-order valence-corrected chi connectivity index (χ3v) is 2.81. The Labute approximate surface area is 95.5 Å². The van der Waals surface area contributed by atoms with Gasteiger partial charge in [0.1, 0.15) is 17.6 Å². The molecule has 2 nitrogen and oxygen atoms in total. The van der Waals surface area contributed by atoms with Crippen molar-refractivity contribution >= 4 is 0 Å². The van der Waals surface area contributed by atoms with E-state index in [4.69, 9.17) is 4.42 Å². The molecule has 1 unspecified atom stereocenters. The molecule has 0 aliphatic heterocycles. The van der Waals surface area contributed by atoms with Gasteiger partial charge < -0.3 is 9.52 Å². The predicted octanol–water partition coefficient (Wildman–Crippen LogP) is 3.23. The van der Waals surface area contributed by atoms with Crippen molar-refractivity contribution < 1.29 is 9.52 Å². The number of aryl methyl sites for hydroxylation is 2. The van der Waals surface area contributed by atoms with Gasteiger partial charge in [-0.1, -0.05) is 37.3 Å². The summed E-state index contributed by atoms with van der Waals surface area (Å²) in [4.78, 5) is 0. The Morgan fingerprint density at radius 3 is 2.50 bits per heavy atom. The van der Waals surface area contributed by atoms with Gasteiger partial charge in [-0.25, -0.2) is 0 Å². The third-order valence-electron chi connectivity index (χ3n) is 2.81. The molecule has 0 spiro atoms. The lowest BCUT2D eigenvalue weighted by atomic mass is 10.1. The number of hydrogen-bond acceptors (Lipinski definition) is 2. The molecule has 1 atom stereocenters. The summed E-state index contributed by atoms with van der Waals surface area (Å²) >= 11 is 0. The van der Waals surface area contributed by atoms with Crippen LogP contribution >= 0.6 is 0 Å². The minimum Gasteiger partial charge on any atom is -0.463 e. The molecule has 16 heavy (non-hydrogen) atoms. The van der Waals surface area contributed by atoms with E-state index in [9.17, 15) is 5.11 Å². The Balaban J connectivity index is 2.31. The fraction of sp³-hybridized carbons (Fsp3) is 0.286. The molecular weight excluding hydrogens is 200 g/mol. The first kappa shape index (κ1) is 11.0. The second-order valence-electron chi connectivity index (χ2n) is 3.90. The van der Waals surface area contributed by atoms with Crippen molar-refractivity contribution in [2.45, 2.75) is 26.4 Å². The van der Waals surface area contributed by atoms with Crippen molar-refractivity contribution in [3.8, 4) is 0 Å². The molecule has 2 aromatic rings. The number of furan rings is 1. The van der Waals surface area contributed by atoms with Crippen molar-refractivity contribution in [1.29, 1.82) is 0 Å². The first-order valence-electron chi connectivity index (χ1n) is 5.54. The molecule has 0 bridgehead atoms. The highest BCUT2D eigenvalue weighted by Gasteiger charge is 2.15.